The van der Waals surface area contributed by atoms with Crippen molar-refractivity contribution in [2.24, 2.45) is 5.73 Å². The molecular weight excluding hydrogens is 242 g/mol. The molecule has 1 saturated heterocycles. The standard InChI is InChI=1S/C13H21N5O/c1-17(2)13-15-6-3-11(16-13)10-4-7-18(8-5-10)9-12(14)19/h3,6,10H,4-5,7-9H2,1-2H3,(H2,14,19). The molecular formula is C13H21N5O. The van der Waals surface area contributed by atoms with Crippen LogP contribution in [-0.4, -0.2) is 54.5 Å². The Morgan fingerprint density at radius 2 is 2.16 bits per heavy atom. The summed E-state index contributed by atoms with van der Waals surface area (Å²) in [6, 6.07) is 1.99. The first kappa shape index (κ1) is 13.7. The van der Waals surface area contributed by atoms with E-state index in [1.165, 1.54) is 0 Å². The smallest absolute Gasteiger partial charge is 0.231 e. The molecule has 6 heteroatoms. The summed E-state index contributed by atoms with van der Waals surface area (Å²) >= 11 is 0. The highest BCUT2D eigenvalue weighted by Gasteiger charge is 2.22. The third kappa shape index (κ3) is 3.64. The fourth-order valence-corrected chi connectivity index (χ4v) is 2.41. The number of anilines is 1. The SMILES string of the molecule is CN(C)c1nccc(C2CCN(CC(N)=O)CC2)n1. The van der Waals surface area contributed by atoms with Crippen molar-refractivity contribution in [3.05, 3.63) is 18.0 Å². The largest absolute Gasteiger partial charge is 0.369 e. The molecule has 0 saturated carbocycles. The lowest BCUT2D eigenvalue weighted by Gasteiger charge is -2.30. The van der Waals surface area contributed by atoms with Gasteiger partial charge in [-0.15, -0.1) is 0 Å². The Morgan fingerprint density at radius 3 is 2.74 bits per heavy atom. The van der Waals surface area contributed by atoms with Crippen molar-refractivity contribution in [2.75, 3.05) is 38.6 Å². The van der Waals surface area contributed by atoms with Crippen LogP contribution in [0.1, 0.15) is 24.5 Å². The second kappa shape index (κ2) is 5.97. The van der Waals surface area contributed by atoms with Crippen LogP contribution in [0.15, 0.2) is 12.3 Å². The number of aromatic nitrogens is 2. The molecule has 1 aromatic heterocycles. The molecule has 1 aliphatic heterocycles. The van der Waals surface area contributed by atoms with Gasteiger partial charge in [0.1, 0.15) is 0 Å². The van der Waals surface area contributed by atoms with Gasteiger partial charge in [-0.05, 0) is 32.0 Å². The first-order valence-corrected chi connectivity index (χ1v) is 6.57. The minimum Gasteiger partial charge on any atom is -0.369 e. The molecule has 1 fully saturated rings. The fraction of sp³-hybridized carbons (Fsp3) is 0.615. The molecule has 0 bridgehead atoms. The Bertz CT molecular complexity index is 440. The third-order valence-electron chi connectivity index (χ3n) is 3.45. The van der Waals surface area contributed by atoms with Crippen LogP contribution in [0.2, 0.25) is 0 Å². The van der Waals surface area contributed by atoms with Gasteiger partial charge < -0.3 is 10.6 Å². The number of nitrogens with zero attached hydrogens (tertiary/aromatic N) is 4. The minimum absolute atomic E-state index is 0.254. The second-order valence-corrected chi connectivity index (χ2v) is 5.19. The number of rotatable bonds is 4. The molecule has 1 amide bonds. The van der Waals surface area contributed by atoms with Gasteiger partial charge in [-0.1, -0.05) is 0 Å². The average Bonchev–Trinajstić information content (AvgIpc) is 2.39. The van der Waals surface area contributed by atoms with E-state index in [0.717, 1.165) is 37.6 Å². The Balaban J connectivity index is 1.97. The number of carbonyl (C=O) groups is 1. The molecule has 0 spiro atoms. The van der Waals surface area contributed by atoms with Crippen LogP contribution in [0.3, 0.4) is 0 Å². The lowest BCUT2D eigenvalue weighted by Crippen LogP contribution is -2.39. The zero-order valence-corrected chi connectivity index (χ0v) is 11.5. The molecule has 104 valence electrons. The Labute approximate surface area is 113 Å². The molecule has 2 heterocycles. The zero-order chi connectivity index (χ0) is 13.8. The topological polar surface area (TPSA) is 75.3 Å². The van der Waals surface area contributed by atoms with Crippen molar-refractivity contribution in [3.63, 3.8) is 0 Å². The molecule has 0 unspecified atom stereocenters. The minimum atomic E-state index is -0.254. The number of likely N-dealkylation sites (tertiary alicyclic amines) is 1. The van der Waals surface area contributed by atoms with Crippen molar-refractivity contribution in [1.82, 2.24) is 14.9 Å². The van der Waals surface area contributed by atoms with E-state index in [9.17, 15) is 4.79 Å². The van der Waals surface area contributed by atoms with Crippen molar-refractivity contribution >= 4 is 11.9 Å². The van der Waals surface area contributed by atoms with E-state index in [1.807, 2.05) is 31.3 Å². The Hall–Kier alpha value is -1.69. The number of piperidine rings is 1. The number of hydrogen-bond donors (Lipinski definition) is 1. The van der Waals surface area contributed by atoms with E-state index >= 15 is 0 Å². The molecule has 0 aromatic carbocycles. The summed E-state index contributed by atoms with van der Waals surface area (Å²) < 4.78 is 0. The maximum absolute atomic E-state index is 10.9. The summed E-state index contributed by atoms with van der Waals surface area (Å²) in [5.74, 6) is 0.943. The quantitative estimate of drug-likeness (QED) is 0.840. The van der Waals surface area contributed by atoms with Crippen molar-refractivity contribution < 1.29 is 4.79 Å². The first-order valence-electron chi connectivity index (χ1n) is 6.57. The van der Waals surface area contributed by atoms with E-state index in [4.69, 9.17) is 5.73 Å². The molecule has 0 radical (unpaired) electrons. The van der Waals surface area contributed by atoms with Crippen LogP contribution in [0.4, 0.5) is 5.95 Å². The molecule has 2 N–H and O–H groups in total. The summed E-state index contributed by atoms with van der Waals surface area (Å²) in [7, 11) is 3.88. The molecule has 6 nitrogen and oxygen atoms in total. The number of hydrogen-bond acceptors (Lipinski definition) is 5. The summed E-state index contributed by atoms with van der Waals surface area (Å²) in [5, 5.41) is 0. The zero-order valence-electron chi connectivity index (χ0n) is 11.5. The van der Waals surface area contributed by atoms with Gasteiger partial charge in [-0.3, -0.25) is 9.69 Å². The average molecular weight is 263 g/mol. The van der Waals surface area contributed by atoms with Crippen LogP contribution < -0.4 is 10.6 Å². The number of amides is 1. The maximum atomic E-state index is 10.9. The Morgan fingerprint density at radius 1 is 1.47 bits per heavy atom. The molecule has 2 rings (SSSR count). The van der Waals surface area contributed by atoms with E-state index in [0.29, 0.717) is 12.5 Å². The van der Waals surface area contributed by atoms with Crippen LogP contribution >= 0.6 is 0 Å². The van der Waals surface area contributed by atoms with E-state index in [1.54, 1.807) is 0 Å². The van der Waals surface area contributed by atoms with Crippen LogP contribution in [0.25, 0.3) is 0 Å². The lowest BCUT2D eigenvalue weighted by molar-refractivity contribution is -0.119. The van der Waals surface area contributed by atoms with Gasteiger partial charge in [-0.2, -0.15) is 0 Å². The maximum Gasteiger partial charge on any atom is 0.231 e. The first-order chi connectivity index (χ1) is 9.06. The molecule has 1 aliphatic rings. The van der Waals surface area contributed by atoms with Crippen LogP contribution in [0.5, 0.6) is 0 Å². The predicted octanol–water partition coefficient (Wildman–Crippen LogP) is 0.207. The van der Waals surface area contributed by atoms with Crippen molar-refractivity contribution in [3.8, 4) is 0 Å². The Kier molecular flexibility index (Phi) is 4.31. The van der Waals surface area contributed by atoms with E-state index in [-0.39, 0.29) is 5.91 Å². The summed E-state index contributed by atoms with van der Waals surface area (Å²) in [5.41, 5.74) is 6.31. The third-order valence-corrected chi connectivity index (χ3v) is 3.45. The summed E-state index contributed by atoms with van der Waals surface area (Å²) in [6.45, 7) is 2.16. The van der Waals surface area contributed by atoms with E-state index < -0.39 is 0 Å². The van der Waals surface area contributed by atoms with Crippen LogP contribution in [-0.2, 0) is 4.79 Å². The van der Waals surface area contributed by atoms with Gasteiger partial charge in [0.25, 0.3) is 0 Å². The van der Waals surface area contributed by atoms with Crippen LogP contribution in [0, 0.1) is 0 Å². The predicted molar refractivity (Wildman–Crippen MR) is 74.0 cm³/mol. The lowest BCUT2D eigenvalue weighted by atomic mass is 9.93. The number of primary amides is 1. The van der Waals surface area contributed by atoms with Gasteiger partial charge in [0.2, 0.25) is 11.9 Å². The van der Waals surface area contributed by atoms with E-state index in [2.05, 4.69) is 14.9 Å². The molecule has 0 aliphatic carbocycles. The van der Waals surface area contributed by atoms with Gasteiger partial charge in [0.15, 0.2) is 0 Å². The number of carbonyl (C=O) groups excluding carboxylic acids is 1. The molecule has 1 aromatic rings. The molecule has 0 atom stereocenters. The van der Waals surface area contributed by atoms with Crippen molar-refractivity contribution in [1.29, 1.82) is 0 Å². The van der Waals surface area contributed by atoms with Gasteiger partial charge in [0, 0.05) is 31.9 Å². The highest BCUT2D eigenvalue weighted by Crippen LogP contribution is 2.26. The fourth-order valence-electron chi connectivity index (χ4n) is 2.41. The highest BCUT2D eigenvalue weighted by atomic mass is 16.1. The van der Waals surface area contributed by atoms with Gasteiger partial charge in [-0.25, -0.2) is 9.97 Å². The number of nitrogens with two attached hydrogens (primary N) is 1. The summed E-state index contributed by atoms with van der Waals surface area (Å²) in [4.78, 5) is 23.7. The van der Waals surface area contributed by atoms with Gasteiger partial charge >= 0.3 is 0 Å². The summed E-state index contributed by atoms with van der Waals surface area (Å²) in [6.07, 6.45) is 3.84. The molecule has 19 heavy (non-hydrogen) atoms. The normalized spacial score (nSPS) is 17.4. The second-order valence-electron chi connectivity index (χ2n) is 5.19. The van der Waals surface area contributed by atoms with Crippen molar-refractivity contribution in [2.45, 2.75) is 18.8 Å². The highest BCUT2D eigenvalue weighted by molar-refractivity contribution is 5.75. The van der Waals surface area contributed by atoms with Gasteiger partial charge in [0.05, 0.1) is 6.54 Å². The monoisotopic (exact) mass is 263 g/mol.